The van der Waals surface area contributed by atoms with Crippen LogP contribution in [-0.4, -0.2) is 7.11 Å². The summed E-state index contributed by atoms with van der Waals surface area (Å²) in [6.45, 7) is 5.11. The van der Waals surface area contributed by atoms with Crippen LogP contribution in [0, 0.1) is 13.8 Å². The topological polar surface area (TPSA) is 30.5 Å². The van der Waals surface area contributed by atoms with Crippen molar-refractivity contribution in [3.05, 3.63) is 85.3 Å². The highest BCUT2D eigenvalue weighted by atomic mass is 79.9. The van der Waals surface area contributed by atoms with Gasteiger partial charge in [-0.3, -0.25) is 0 Å². The van der Waals surface area contributed by atoms with Gasteiger partial charge in [-0.05, 0) is 66.9 Å². The number of anilines is 1. The highest BCUT2D eigenvalue weighted by Crippen LogP contribution is 2.35. The molecule has 0 unspecified atom stereocenters. The van der Waals surface area contributed by atoms with Crippen LogP contribution in [-0.2, 0) is 13.2 Å². The Morgan fingerprint density at radius 2 is 1.66 bits per heavy atom. The normalized spacial score (nSPS) is 10.7. The first-order valence-electron chi connectivity index (χ1n) is 9.12. The smallest absolute Gasteiger partial charge is 0.162 e. The van der Waals surface area contributed by atoms with E-state index in [1.165, 1.54) is 11.1 Å². The number of rotatable bonds is 7. The van der Waals surface area contributed by atoms with Gasteiger partial charge in [-0.1, -0.05) is 51.3 Å². The molecule has 152 valence electrons. The van der Waals surface area contributed by atoms with Crippen molar-refractivity contribution in [1.82, 2.24) is 0 Å². The molecule has 0 bridgehead atoms. The van der Waals surface area contributed by atoms with Gasteiger partial charge in [0.2, 0.25) is 0 Å². The van der Waals surface area contributed by atoms with Gasteiger partial charge in [-0.25, -0.2) is 0 Å². The number of ether oxygens (including phenoxy) is 2. The van der Waals surface area contributed by atoms with Crippen LogP contribution < -0.4 is 14.8 Å². The summed E-state index contributed by atoms with van der Waals surface area (Å²) in [5, 5.41) is 4.60. The fourth-order valence-electron chi connectivity index (χ4n) is 2.85. The molecule has 3 aromatic carbocycles. The average molecular weight is 495 g/mol. The van der Waals surface area contributed by atoms with Crippen LogP contribution in [0.1, 0.15) is 22.3 Å². The molecule has 6 heteroatoms. The van der Waals surface area contributed by atoms with E-state index in [1.807, 2.05) is 18.2 Å². The van der Waals surface area contributed by atoms with Gasteiger partial charge >= 0.3 is 0 Å². The lowest BCUT2D eigenvalue weighted by Crippen LogP contribution is -2.03. The van der Waals surface area contributed by atoms with Crippen LogP contribution in [0.2, 0.25) is 10.0 Å². The zero-order valence-corrected chi connectivity index (χ0v) is 19.6. The maximum absolute atomic E-state index is 6.23. The molecule has 0 aromatic heterocycles. The van der Waals surface area contributed by atoms with Crippen molar-refractivity contribution in [2.24, 2.45) is 0 Å². The zero-order valence-electron chi connectivity index (χ0n) is 16.5. The van der Waals surface area contributed by atoms with Crippen molar-refractivity contribution in [2.45, 2.75) is 27.0 Å². The Morgan fingerprint density at radius 3 is 2.31 bits per heavy atom. The molecule has 0 spiro atoms. The zero-order chi connectivity index (χ0) is 21.0. The predicted molar refractivity (Wildman–Crippen MR) is 125 cm³/mol. The summed E-state index contributed by atoms with van der Waals surface area (Å²) in [7, 11) is 1.62. The van der Waals surface area contributed by atoms with Crippen molar-refractivity contribution in [3.63, 3.8) is 0 Å². The second-order valence-electron chi connectivity index (χ2n) is 6.74. The number of methoxy groups -OCH3 is 1. The van der Waals surface area contributed by atoms with Gasteiger partial charge in [0, 0.05) is 32.3 Å². The van der Waals surface area contributed by atoms with Gasteiger partial charge in [-0.2, -0.15) is 0 Å². The molecular formula is C23H22BrCl2NO2. The first-order chi connectivity index (χ1) is 13.9. The molecule has 3 nitrogen and oxygen atoms in total. The second-order valence-corrected chi connectivity index (χ2v) is 8.40. The lowest BCUT2D eigenvalue weighted by Gasteiger charge is -2.16. The van der Waals surface area contributed by atoms with Crippen molar-refractivity contribution in [2.75, 3.05) is 12.4 Å². The summed E-state index contributed by atoms with van der Waals surface area (Å²) >= 11 is 16.1. The number of hydrogen-bond acceptors (Lipinski definition) is 3. The molecule has 0 aliphatic heterocycles. The van der Waals surface area contributed by atoms with E-state index < -0.39 is 0 Å². The molecule has 0 aliphatic carbocycles. The van der Waals surface area contributed by atoms with E-state index in [-0.39, 0.29) is 6.61 Å². The van der Waals surface area contributed by atoms with Crippen LogP contribution >= 0.6 is 39.1 Å². The van der Waals surface area contributed by atoms with E-state index in [1.54, 1.807) is 19.2 Å². The monoisotopic (exact) mass is 493 g/mol. The van der Waals surface area contributed by atoms with Crippen molar-refractivity contribution in [3.8, 4) is 11.5 Å². The van der Waals surface area contributed by atoms with Crippen LogP contribution in [0.15, 0.2) is 53.0 Å². The largest absolute Gasteiger partial charge is 0.493 e. The number of nitrogens with one attached hydrogen (secondary N) is 1. The fourth-order valence-corrected chi connectivity index (χ4v) is 3.82. The molecule has 0 fully saturated rings. The van der Waals surface area contributed by atoms with Gasteiger partial charge in [-0.15, -0.1) is 0 Å². The van der Waals surface area contributed by atoms with E-state index in [9.17, 15) is 0 Å². The van der Waals surface area contributed by atoms with Gasteiger partial charge in [0.15, 0.2) is 11.5 Å². The predicted octanol–water partition coefficient (Wildman–Crippen LogP) is 7.57. The first-order valence-corrected chi connectivity index (χ1v) is 10.7. The molecule has 3 rings (SSSR count). The van der Waals surface area contributed by atoms with E-state index in [0.717, 1.165) is 21.3 Å². The summed E-state index contributed by atoms with van der Waals surface area (Å²) in [6.07, 6.45) is 0. The molecule has 0 heterocycles. The van der Waals surface area contributed by atoms with Crippen molar-refractivity contribution in [1.29, 1.82) is 0 Å². The maximum Gasteiger partial charge on any atom is 0.162 e. The SMILES string of the molecule is COc1cc(CNc2ccc(C)c(C)c2)c(Br)cc1OCc1c(Cl)cccc1Cl. The molecule has 0 saturated heterocycles. The summed E-state index contributed by atoms with van der Waals surface area (Å²) in [5.74, 6) is 1.26. The van der Waals surface area contributed by atoms with E-state index in [2.05, 4.69) is 53.3 Å². The van der Waals surface area contributed by atoms with Crippen molar-refractivity contribution >= 4 is 44.8 Å². The summed E-state index contributed by atoms with van der Waals surface area (Å²) in [4.78, 5) is 0. The third-order valence-electron chi connectivity index (χ3n) is 4.76. The Bertz CT molecular complexity index is 1000. The summed E-state index contributed by atoms with van der Waals surface area (Å²) in [6, 6.07) is 15.6. The highest BCUT2D eigenvalue weighted by molar-refractivity contribution is 9.10. The first kappa shape index (κ1) is 21.8. The molecule has 0 amide bonds. The molecule has 3 aromatic rings. The van der Waals surface area contributed by atoms with Crippen LogP contribution in [0.3, 0.4) is 0 Å². The van der Waals surface area contributed by atoms with Crippen LogP contribution in [0.5, 0.6) is 11.5 Å². The van der Waals surface area contributed by atoms with Crippen LogP contribution in [0.4, 0.5) is 5.69 Å². The Labute approximate surface area is 190 Å². The minimum absolute atomic E-state index is 0.252. The number of hydrogen-bond donors (Lipinski definition) is 1. The lowest BCUT2D eigenvalue weighted by molar-refractivity contribution is 0.284. The maximum atomic E-state index is 6.23. The lowest BCUT2D eigenvalue weighted by atomic mass is 10.1. The standard InChI is InChI=1S/C23H22BrCl2NO2/c1-14-7-8-17(9-15(14)2)27-12-16-10-22(28-3)23(11-19(16)24)29-13-18-20(25)5-4-6-21(18)26/h4-11,27H,12-13H2,1-3H3. The van der Waals surface area contributed by atoms with E-state index >= 15 is 0 Å². The number of halogens is 3. The molecule has 0 aliphatic rings. The van der Waals surface area contributed by atoms with Gasteiger partial charge < -0.3 is 14.8 Å². The third-order valence-corrected chi connectivity index (χ3v) is 6.20. The third kappa shape index (κ3) is 5.39. The minimum Gasteiger partial charge on any atom is -0.493 e. The molecule has 29 heavy (non-hydrogen) atoms. The van der Waals surface area contributed by atoms with Gasteiger partial charge in [0.1, 0.15) is 6.61 Å². The second kappa shape index (κ2) is 9.75. The Hall–Kier alpha value is -1.88. The van der Waals surface area contributed by atoms with Crippen molar-refractivity contribution < 1.29 is 9.47 Å². The highest BCUT2D eigenvalue weighted by Gasteiger charge is 2.13. The average Bonchev–Trinajstić information content (AvgIpc) is 2.69. The summed E-state index contributed by atoms with van der Waals surface area (Å²) < 4.78 is 12.4. The minimum atomic E-state index is 0.252. The van der Waals surface area contributed by atoms with E-state index in [0.29, 0.717) is 28.1 Å². The fraction of sp³-hybridized carbons (Fsp3) is 0.217. The molecule has 0 radical (unpaired) electrons. The Balaban J connectivity index is 1.75. The van der Waals surface area contributed by atoms with Crippen LogP contribution in [0.25, 0.3) is 0 Å². The Morgan fingerprint density at radius 1 is 0.931 bits per heavy atom. The van der Waals surface area contributed by atoms with E-state index in [4.69, 9.17) is 32.7 Å². The summed E-state index contributed by atoms with van der Waals surface area (Å²) in [5.41, 5.74) is 5.41. The molecular weight excluding hydrogens is 473 g/mol. The molecule has 0 atom stereocenters. The number of aryl methyl sites for hydroxylation is 2. The Kier molecular flexibility index (Phi) is 7.33. The molecule has 0 saturated carbocycles. The van der Waals surface area contributed by atoms with Gasteiger partial charge in [0.25, 0.3) is 0 Å². The number of benzene rings is 3. The quantitative estimate of drug-likeness (QED) is 0.367. The molecule has 1 N–H and O–H groups in total. The van der Waals surface area contributed by atoms with Gasteiger partial charge in [0.05, 0.1) is 7.11 Å².